The molecule has 0 nitrogen and oxygen atoms in total. The smallest absolute Gasteiger partial charge is 0.0365 e. The van der Waals surface area contributed by atoms with Gasteiger partial charge in [-0.05, 0) is 0 Å². The molecule has 18 heavy (non-hydrogen) atoms. The number of thioether (sulfide) groups is 3. The second-order valence-electron chi connectivity index (χ2n) is 3.75. The van der Waals surface area contributed by atoms with Gasteiger partial charge in [-0.1, -0.05) is 0 Å². The molecule has 9 heteroatoms. The molecule has 0 N–H and O–H groups in total. The summed E-state index contributed by atoms with van der Waals surface area (Å²) in [6.45, 7) is 0. The van der Waals surface area contributed by atoms with E-state index < -0.39 is 0 Å². The second-order valence-corrected chi connectivity index (χ2v) is 11.3. The van der Waals surface area contributed by atoms with Crippen LogP contribution in [0.1, 0.15) is 0 Å². The van der Waals surface area contributed by atoms with Crippen molar-refractivity contribution in [1.82, 2.24) is 0 Å². The van der Waals surface area contributed by atoms with Crippen LogP contribution in [-0.2, 0) is 0 Å². The molecule has 0 amide bonds. The molecule has 0 aliphatic heterocycles. The van der Waals surface area contributed by atoms with Crippen molar-refractivity contribution in [3.8, 4) is 0 Å². The number of thiol groups is 6. The molecule has 0 spiro atoms. The molecule has 1 aliphatic carbocycles. The fourth-order valence-corrected chi connectivity index (χ4v) is 9.65. The molecule has 0 saturated heterocycles. The third-order valence-corrected chi connectivity index (χ3v) is 10.7. The van der Waals surface area contributed by atoms with Crippen molar-refractivity contribution in [2.45, 2.75) is 31.5 Å². The molecule has 1 aliphatic rings. The topological polar surface area (TPSA) is 0 Å². The Morgan fingerprint density at radius 2 is 0.778 bits per heavy atom. The van der Waals surface area contributed by atoms with E-state index in [1.54, 1.807) is 0 Å². The third kappa shape index (κ3) is 4.83. The summed E-state index contributed by atoms with van der Waals surface area (Å²) in [6, 6.07) is 0. The minimum atomic E-state index is 0.279. The second kappa shape index (κ2) is 10.0. The van der Waals surface area contributed by atoms with E-state index in [2.05, 4.69) is 37.9 Å². The van der Waals surface area contributed by atoms with Crippen molar-refractivity contribution < 1.29 is 0 Å². The normalized spacial score (nSPS) is 41.0. The number of hydrogen-bond acceptors (Lipinski definition) is 9. The molecular weight excluding hydrogens is 397 g/mol. The molecule has 0 aromatic rings. The zero-order valence-corrected chi connectivity index (χ0v) is 17.3. The summed E-state index contributed by atoms with van der Waals surface area (Å²) in [5.41, 5.74) is 0. The fraction of sp³-hybridized carbons (Fsp3) is 1.00. The van der Waals surface area contributed by atoms with Gasteiger partial charge in [0.1, 0.15) is 0 Å². The van der Waals surface area contributed by atoms with E-state index in [-0.39, 0.29) is 15.7 Å². The van der Waals surface area contributed by atoms with Gasteiger partial charge in [0.05, 0.1) is 0 Å². The highest BCUT2D eigenvalue weighted by molar-refractivity contribution is 8.13. The van der Waals surface area contributed by atoms with E-state index in [4.69, 9.17) is 37.9 Å². The maximum Gasteiger partial charge on any atom is 0.0365 e. The van der Waals surface area contributed by atoms with Crippen molar-refractivity contribution in [2.24, 2.45) is 0 Å². The van der Waals surface area contributed by atoms with Crippen LogP contribution in [-0.4, -0.2) is 46.8 Å². The van der Waals surface area contributed by atoms with Crippen LogP contribution in [0.15, 0.2) is 0 Å². The minimum absolute atomic E-state index is 0.279. The van der Waals surface area contributed by atoms with Gasteiger partial charge in [0.2, 0.25) is 0 Å². The zero-order valence-electron chi connectivity index (χ0n) is 9.49. The molecule has 1 fully saturated rings. The lowest BCUT2D eigenvalue weighted by molar-refractivity contribution is 0.584. The van der Waals surface area contributed by atoms with Gasteiger partial charge in [-0.2, -0.15) is 75.8 Å². The Morgan fingerprint density at radius 3 is 0.944 bits per heavy atom. The predicted molar refractivity (Wildman–Crippen MR) is 114 cm³/mol. The zero-order chi connectivity index (χ0) is 13.7. The summed E-state index contributed by atoms with van der Waals surface area (Å²) in [7, 11) is 0. The summed E-state index contributed by atoms with van der Waals surface area (Å²) in [5, 5.41) is 4.42. The van der Waals surface area contributed by atoms with Gasteiger partial charge in [-0.25, -0.2) is 0 Å². The first-order chi connectivity index (χ1) is 8.58. The van der Waals surface area contributed by atoms with Crippen molar-refractivity contribution in [1.29, 1.82) is 0 Å². The lowest BCUT2D eigenvalue weighted by Crippen LogP contribution is -2.55. The molecular formula is C9H18S9. The summed E-state index contributed by atoms with van der Waals surface area (Å²) >= 11 is 32.9. The molecule has 1 saturated carbocycles. The quantitative estimate of drug-likeness (QED) is 0.289. The Hall–Kier alpha value is 3.15. The fourth-order valence-electron chi connectivity index (χ4n) is 2.02. The Labute approximate surface area is 156 Å². The first-order valence-corrected chi connectivity index (χ1v) is 11.9. The first-order valence-electron chi connectivity index (χ1n) is 5.30. The first kappa shape index (κ1) is 19.2. The maximum atomic E-state index is 4.81. The molecule has 0 aromatic heterocycles. The highest BCUT2D eigenvalue weighted by atomic mass is 32.2. The molecule has 0 aromatic carbocycles. The van der Waals surface area contributed by atoms with E-state index in [0.29, 0.717) is 15.7 Å². The number of rotatable bonds is 6. The molecule has 0 radical (unpaired) electrons. The van der Waals surface area contributed by atoms with Gasteiger partial charge < -0.3 is 0 Å². The van der Waals surface area contributed by atoms with Gasteiger partial charge in [-0.3, -0.25) is 0 Å². The van der Waals surface area contributed by atoms with Crippen LogP contribution in [0.5, 0.6) is 0 Å². The molecule has 0 bridgehead atoms. The molecule has 0 heterocycles. The molecule has 108 valence electrons. The van der Waals surface area contributed by atoms with Crippen LogP contribution in [0.4, 0.5) is 0 Å². The van der Waals surface area contributed by atoms with E-state index >= 15 is 0 Å². The molecule has 1 rings (SSSR count). The van der Waals surface area contributed by atoms with Gasteiger partial charge in [-0.15, -0.1) is 35.3 Å². The van der Waals surface area contributed by atoms with Crippen LogP contribution in [0.3, 0.4) is 0 Å². The summed E-state index contributed by atoms with van der Waals surface area (Å²) in [4.78, 5) is 0. The van der Waals surface area contributed by atoms with Gasteiger partial charge in [0, 0.05) is 46.8 Å². The highest BCUT2D eigenvalue weighted by Crippen LogP contribution is 2.46. The predicted octanol–water partition coefficient (Wildman–Crippen LogP) is 3.86. The molecule has 0 unspecified atom stereocenters. The van der Waals surface area contributed by atoms with E-state index in [9.17, 15) is 0 Å². The SMILES string of the molecule is SCSC1C(S)C(SCS)C(S)C(SCS)C1S. The van der Waals surface area contributed by atoms with Gasteiger partial charge in [0.25, 0.3) is 0 Å². The summed E-state index contributed by atoms with van der Waals surface area (Å²) < 4.78 is 0. The monoisotopic (exact) mass is 414 g/mol. The van der Waals surface area contributed by atoms with Crippen LogP contribution in [0, 0.1) is 0 Å². The van der Waals surface area contributed by atoms with E-state index in [0.717, 1.165) is 15.3 Å². The Morgan fingerprint density at radius 1 is 0.556 bits per heavy atom. The lowest BCUT2D eigenvalue weighted by Gasteiger charge is -2.46. The minimum Gasteiger partial charge on any atom is -0.174 e. The van der Waals surface area contributed by atoms with Gasteiger partial charge in [0.15, 0.2) is 0 Å². The summed E-state index contributed by atoms with van der Waals surface area (Å²) in [5.74, 6) is 0. The standard InChI is InChI=1S/C9H18S9/c10-1-16-7-4(13)8(17-2-11)6(15)9(5(7)14)18-3-12/h4-15H,1-3H2. The van der Waals surface area contributed by atoms with Gasteiger partial charge >= 0.3 is 0 Å². The van der Waals surface area contributed by atoms with Crippen LogP contribution >= 0.6 is 111 Å². The van der Waals surface area contributed by atoms with E-state index in [1.807, 2.05) is 35.3 Å². The number of hydrogen-bond donors (Lipinski definition) is 6. The Balaban J connectivity index is 2.86. The maximum absolute atomic E-state index is 4.81. The highest BCUT2D eigenvalue weighted by Gasteiger charge is 2.47. The van der Waals surface area contributed by atoms with E-state index in [1.165, 1.54) is 0 Å². The van der Waals surface area contributed by atoms with Crippen molar-refractivity contribution >= 4 is 111 Å². The Bertz CT molecular complexity index is 188. The van der Waals surface area contributed by atoms with Crippen molar-refractivity contribution in [3.63, 3.8) is 0 Å². The van der Waals surface area contributed by atoms with Crippen LogP contribution in [0.2, 0.25) is 0 Å². The van der Waals surface area contributed by atoms with Crippen molar-refractivity contribution in [2.75, 3.05) is 15.3 Å². The largest absolute Gasteiger partial charge is 0.174 e. The molecule has 0 atom stereocenters. The lowest BCUT2D eigenvalue weighted by atomic mass is 9.97. The van der Waals surface area contributed by atoms with Crippen LogP contribution < -0.4 is 0 Å². The van der Waals surface area contributed by atoms with Crippen molar-refractivity contribution in [3.05, 3.63) is 0 Å². The van der Waals surface area contributed by atoms with Crippen LogP contribution in [0.25, 0.3) is 0 Å². The third-order valence-electron chi connectivity index (χ3n) is 2.82. The average molecular weight is 415 g/mol. The average Bonchev–Trinajstić information content (AvgIpc) is 2.35. The Kier molecular flexibility index (Phi) is 10.7. The summed E-state index contributed by atoms with van der Waals surface area (Å²) in [6.07, 6.45) is 0.